The average Bonchev–Trinajstić information content (AvgIpc) is 3.21. The minimum atomic E-state index is -0.439. The molecule has 0 aromatic heterocycles. The highest BCUT2D eigenvalue weighted by Gasteiger charge is 2.27. The largest absolute Gasteiger partial charge is 0.493 e. The zero-order valence-corrected chi connectivity index (χ0v) is 20.1. The van der Waals surface area contributed by atoms with Crippen molar-refractivity contribution in [2.75, 3.05) is 12.4 Å². The molecule has 180 valence electrons. The second kappa shape index (κ2) is 11.0. The van der Waals surface area contributed by atoms with Crippen LogP contribution in [0.15, 0.2) is 71.6 Å². The fourth-order valence-corrected chi connectivity index (χ4v) is 4.46. The van der Waals surface area contributed by atoms with E-state index in [4.69, 9.17) is 9.47 Å². The van der Waals surface area contributed by atoms with Crippen molar-refractivity contribution in [2.45, 2.75) is 25.4 Å². The van der Waals surface area contributed by atoms with Gasteiger partial charge in [-0.2, -0.15) is 0 Å². The standard InChI is InChI=1S/C26H25N3O5S/c1-3-17-4-9-20(10-5-17)27-26-28-25(30)24(35-26)15-19-8-13-22(23(14-19)33-2)34-16-18-6-11-21(12-7-18)29(31)32/h4-15,26-27H,3,16H2,1-2H3,(H,28,30)/b24-15-/t26-/m1/s1. The van der Waals surface area contributed by atoms with Crippen LogP contribution in [-0.4, -0.2) is 23.4 Å². The minimum absolute atomic E-state index is 0.0318. The Labute approximate surface area is 207 Å². The Morgan fingerprint density at radius 1 is 1.06 bits per heavy atom. The summed E-state index contributed by atoms with van der Waals surface area (Å²) in [4.78, 5) is 23.4. The first kappa shape index (κ1) is 24.2. The summed E-state index contributed by atoms with van der Waals surface area (Å²) >= 11 is 1.42. The monoisotopic (exact) mass is 491 g/mol. The molecule has 0 radical (unpaired) electrons. The molecule has 1 amide bonds. The predicted molar refractivity (Wildman–Crippen MR) is 137 cm³/mol. The van der Waals surface area contributed by atoms with Crippen LogP contribution in [0.3, 0.4) is 0 Å². The number of ether oxygens (including phenoxy) is 2. The summed E-state index contributed by atoms with van der Waals surface area (Å²) < 4.78 is 11.3. The smallest absolute Gasteiger partial charge is 0.269 e. The number of nitrogens with zero attached hydrogens (tertiary/aromatic N) is 1. The number of hydrogen-bond acceptors (Lipinski definition) is 7. The summed E-state index contributed by atoms with van der Waals surface area (Å²) in [5.41, 5.74) is 3.57. The Morgan fingerprint density at radius 2 is 1.77 bits per heavy atom. The number of rotatable bonds is 9. The average molecular weight is 492 g/mol. The van der Waals surface area contributed by atoms with Gasteiger partial charge in [-0.3, -0.25) is 14.9 Å². The van der Waals surface area contributed by atoms with E-state index in [9.17, 15) is 14.9 Å². The van der Waals surface area contributed by atoms with Crippen LogP contribution in [0, 0.1) is 10.1 Å². The van der Waals surface area contributed by atoms with Gasteiger partial charge in [-0.05, 0) is 65.6 Å². The van der Waals surface area contributed by atoms with Gasteiger partial charge in [0.05, 0.1) is 16.9 Å². The Balaban J connectivity index is 1.40. The van der Waals surface area contributed by atoms with Crippen LogP contribution < -0.4 is 20.1 Å². The lowest BCUT2D eigenvalue weighted by Crippen LogP contribution is -2.30. The second-order valence-corrected chi connectivity index (χ2v) is 8.94. The van der Waals surface area contributed by atoms with Gasteiger partial charge in [0, 0.05) is 17.8 Å². The molecule has 1 aliphatic rings. The number of thioether (sulfide) groups is 1. The molecule has 0 saturated carbocycles. The van der Waals surface area contributed by atoms with Gasteiger partial charge in [0.25, 0.3) is 11.6 Å². The number of methoxy groups -OCH3 is 1. The molecule has 35 heavy (non-hydrogen) atoms. The zero-order chi connectivity index (χ0) is 24.8. The number of aryl methyl sites for hydroxylation is 1. The van der Waals surface area contributed by atoms with Crippen LogP contribution in [0.25, 0.3) is 6.08 Å². The zero-order valence-electron chi connectivity index (χ0n) is 19.3. The van der Waals surface area contributed by atoms with Crippen LogP contribution in [0.4, 0.5) is 11.4 Å². The molecule has 0 spiro atoms. The molecule has 1 atom stereocenters. The van der Waals surface area contributed by atoms with Gasteiger partial charge in [0.1, 0.15) is 6.61 Å². The number of nitrogens with one attached hydrogen (secondary N) is 2. The molecular weight excluding hydrogens is 466 g/mol. The van der Waals surface area contributed by atoms with Crippen molar-refractivity contribution in [1.29, 1.82) is 0 Å². The van der Waals surface area contributed by atoms with Crippen molar-refractivity contribution in [3.8, 4) is 11.5 Å². The van der Waals surface area contributed by atoms with Gasteiger partial charge in [-0.15, -0.1) is 0 Å². The summed E-state index contributed by atoms with van der Waals surface area (Å²) in [5, 5.41) is 17.1. The lowest BCUT2D eigenvalue weighted by atomic mass is 10.1. The van der Waals surface area contributed by atoms with Gasteiger partial charge in [0.15, 0.2) is 17.0 Å². The van der Waals surface area contributed by atoms with E-state index in [0.29, 0.717) is 16.4 Å². The fourth-order valence-electron chi connectivity index (χ4n) is 3.47. The molecule has 1 heterocycles. The quantitative estimate of drug-likeness (QED) is 0.236. The van der Waals surface area contributed by atoms with E-state index in [-0.39, 0.29) is 23.7 Å². The Hall–Kier alpha value is -3.98. The third-order valence-corrected chi connectivity index (χ3v) is 6.45. The van der Waals surface area contributed by atoms with Crippen molar-refractivity contribution >= 4 is 35.1 Å². The number of carbonyl (C=O) groups excluding carboxylic acids is 1. The summed E-state index contributed by atoms with van der Waals surface area (Å²) in [6.45, 7) is 2.35. The maximum absolute atomic E-state index is 12.5. The van der Waals surface area contributed by atoms with Crippen LogP contribution >= 0.6 is 11.8 Å². The molecule has 1 saturated heterocycles. The van der Waals surface area contributed by atoms with Gasteiger partial charge in [-0.25, -0.2) is 0 Å². The summed E-state index contributed by atoms with van der Waals surface area (Å²) in [6, 6.07) is 19.8. The van der Waals surface area contributed by atoms with Gasteiger partial charge in [-0.1, -0.05) is 36.9 Å². The molecule has 3 aromatic carbocycles. The predicted octanol–water partition coefficient (Wildman–Crippen LogP) is 5.34. The number of anilines is 1. The molecule has 2 N–H and O–H groups in total. The van der Waals surface area contributed by atoms with Crippen LogP contribution in [0.2, 0.25) is 0 Å². The molecule has 8 nitrogen and oxygen atoms in total. The minimum Gasteiger partial charge on any atom is -0.493 e. The number of carbonyl (C=O) groups is 1. The Bertz CT molecular complexity index is 1240. The van der Waals surface area contributed by atoms with Gasteiger partial charge < -0.3 is 20.1 Å². The molecule has 1 fully saturated rings. The van der Waals surface area contributed by atoms with Crippen molar-refractivity contribution in [3.05, 3.63) is 98.4 Å². The topological polar surface area (TPSA) is 103 Å². The maximum atomic E-state index is 12.5. The summed E-state index contributed by atoms with van der Waals surface area (Å²) in [7, 11) is 1.55. The Kier molecular flexibility index (Phi) is 7.57. The van der Waals surface area contributed by atoms with Crippen LogP contribution in [0.1, 0.15) is 23.6 Å². The van der Waals surface area contributed by atoms with E-state index >= 15 is 0 Å². The lowest BCUT2D eigenvalue weighted by Gasteiger charge is -2.13. The fraction of sp³-hybridized carbons (Fsp3) is 0.192. The highest BCUT2D eigenvalue weighted by molar-refractivity contribution is 8.05. The van der Waals surface area contributed by atoms with Crippen molar-refractivity contribution < 1.29 is 19.2 Å². The first-order valence-electron chi connectivity index (χ1n) is 11.0. The molecular formula is C26H25N3O5S. The highest BCUT2D eigenvalue weighted by Crippen LogP contribution is 2.33. The molecule has 0 bridgehead atoms. The van der Waals surface area contributed by atoms with Crippen LogP contribution in [0.5, 0.6) is 11.5 Å². The highest BCUT2D eigenvalue weighted by atomic mass is 32.2. The number of nitro groups is 1. The van der Waals surface area contributed by atoms with Crippen molar-refractivity contribution in [3.63, 3.8) is 0 Å². The Morgan fingerprint density at radius 3 is 2.43 bits per heavy atom. The van der Waals surface area contributed by atoms with Gasteiger partial charge in [0.2, 0.25) is 0 Å². The molecule has 4 rings (SSSR count). The van der Waals surface area contributed by atoms with Crippen LogP contribution in [-0.2, 0) is 17.8 Å². The van der Waals surface area contributed by atoms with E-state index in [1.165, 1.54) is 29.5 Å². The lowest BCUT2D eigenvalue weighted by molar-refractivity contribution is -0.384. The molecule has 9 heteroatoms. The SMILES string of the molecule is CCc1ccc(N[C@@H]2NC(=O)/C(=C/c3ccc(OCc4ccc([N+](=O)[O-])cc4)c(OC)c3)S2)cc1. The number of non-ortho nitro benzene ring substituents is 1. The number of hydrogen-bond donors (Lipinski definition) is 2. The normalized spacial score (nSPS) is 16.1. The number of benzene rings is 3. The molecule has 1 aliphatic heterocycles. The maximum Gasteiger partial charge on any atom is 0.269 e. The number of nitro benzene ring substituents is 1. The van der Waals surface area contributed by atoms with E-state index in [2.05, 4.69) is 29.7 Å². The van der Waals surface area contributed by atoms with E-state index in [0.717, 1.165) is 23.2 Å². The van der Waals surface area contributed by atoms with E-state index in [1.807, 2.05) is 24.3 Å². The van der Waals surface area contributed by atoms with Crippen molar-refractivity contribution in [1.82, 2.24) is 5.32 Å². The second-order valence-electron chi connectivity index (χ2n) is 7.80. The third-order valence-electron chi connectivity index (χ3n) is 5.42. The first-order valence-corrected chi connectivity index (χ1v) is 11.9. The van der Waals surface area contributed by atoms with Crippen molar-refractivity contribution in [2.24, 2.45) is 0 Å². The first-order chi connectivity index (χ1) is 16.9. The van der Waals surface area contributed by atoms with Gasteiger partial charge >= 0.3 is 0 Å². The number of amides is 1. The van der Waals surface area contributed by atoms with E-state index in [1.54, 1.807) is 31.4 Å². The molecule has 0 aliphatic carbocycles. The summed E-state index contributed by atoms with van der Waals surface area (Å²) in [5.74, 6) is 0.914. The molecule has 0 unspecified atom stereocenters. The summed E-state index contributed by atoms with van der Waals surface area (Å²) in [6.07, 6.45) is 2.79. The third kappa shape index (κ3) is 6.13. The molecule has 3 aromatic rings. The van der Waals surface area contributed by atoms with E-state index < -0.39 is 4.92 Å².